The second-order valence-electron chi connectivity index (χ2n) is 11.4. The van der Waals surface area contributed by atoms with Crippen LogP contribution in [0.15, 0.2) is 66.9 Å². The molecule has 0 radical (unpaired) electrons. The summed E-state index contributed by atoms with van der Waals surface area (Å²) in [5.41, 5.74) is 5.13. The Morgan fingerprint density at radius 3 is 2.50 bits per heavy atom. The number of nitrogens with zero attached hydrogens (tertiary/aromatic N) is 6. The zero-order valence-electron chi connectivity index (χ0n) is 24.3. The van der Waals surface area contributed by atoms with Crippen LogP contribution in [-0.2, 0) is 11.8 Å². The summed E-state index contributed by atoms with van der Waals surface area (Å²) in [5.74, 6) is 1.46. The molecular weight excluding hydrogens is 526 g/mol. The molecule has 1 amide bonds. The van der Waals surface area contributed by atoms with E-state index in [-0.39, 0.29) is 5.91 Å². The van der Waals surface area contributed by atoms with Gasteiger partial charge < -0.3 is 20.9 Å². The van der Waals surface area contributed by atoms with Gasteiger partial charge in [-0.25, -0.2) is 4.98 Å². The van der Waals surface area contributed by atoms with E-state index in [0.29, 0.717) is 23.9 Å². The van der Waals surface area contributed by atoms with Gasteiger partial charge in [-0.05, 0) is 90.6 Å². The molecule has 6 rings (SSSR count). The third-order valence-electron chi connectivity index (χ3n) is 8.25. The molecule has 1 aliphatic carbocycles. The topological polar surface area (TPSA) is 113 Å². The van der Waals surface area contributed by atoms with Crippen LogP contribution in [-0.4, -0.2) is 62.3 Å². The molecule has 2 fully saturated rings. The smallest absolute Gasteiger partial charge is 0.221 e. The summed E-state index contributed by atoms with van der Waals surface area (Å²) >= 11 is 0. The second kappa shape index (κ2) is 12.7. The van der Waals surface area contributed by atoms with E-state index in [2.05, 4.69) is 77.6 Å². The Morgan fingerprint density at radius 2 is 1.71 bits per heavy atom. The van der Waals surface area contributed by atoms with Crippen LogP contribution in [0, 0.1) is 0 Å². The number of nitrogens with one attached hydrogen (secondary N) is 3. The molecule has 0 bridgehead atoms. The van der Waals surface area contributed by atoms with Gasteiger partial charge in [0.15, 0.2) is 0 Å². The molecular formula is C32H39N9O. The van der Waals surface area contributed by atoms with Crippen LogP contribution >= 0.6 is 0 Å². The third-order valence-corrected chi connectivity index (χ3v) is 8.25. The Bertz CT molecular complexity index is 1500. The van der Waals surface area contributed by atoms with Crippen LogP contribution in [0.4, 0.5) is 17.2 Å². The van der Waals surface area contributed by atoms with Crippen molar-refractivity contribution in [1.82, 2.24) is 30.5 Å². The number of carbonyl (C=O) groups excluding carboxylic acids is 1. The van der Waals surface area contributed by atoms with E-state index in [1.165, 1.54) is 36.7 Å². The van der Waals surface area contributed by atoms with Crippen molar-refractivity contribution < 1.29 is 4.79 Å². The molecule has 10 nitrogen and oxygen atoms in total. The highest BCUT2D eigenvalue weighted by Gasteiger charge is 2.29. The fourth-order valence-corrected chi connectivity index (χ4v) is 6.23. The number of rotatable bonds is 8. The Kier molecular flexibility index (Phi) is 8.41. The van der Waals surface area contributed by atoms with Crippen LogP contribution in [0.2, 0.25) is 0 Å². The van der Waals surface area contributed by atoms with E-state index in [4.69, 9.17) is 0 Å². The Hall–Kier alpha value is -4.31. The number of tetrazole rings is 1. The number of amides is 1. The predicted molar refractivity (Wildman–Crippen MR) is 166 cm³/mol. The van der Waals surface area contributed by atoms with Crippen molar-refractivity contribution >= 4 is 23.1 Å². The summed E-state index contributed by atoms with van der Waals surface area (Å²) in [6.07, 6.45) is 8.95. The number of hydrogen-bond donors (Lipinski definition) is 3. The predicted octanol–water partition coefficient (Wildman–Crippen LogP) is 4.88. The molecule has 218 valence electrons. The van der Waals surface area contributed by atoms with Gasteiger partial charge in [0.1, 0.15) is 5.82 Å². The normalized spacial score (nSPS) is 20.7. The minimum atomic E-state index is -0.0741. The number of piperidine rings is 1. The number of benzene rings is 2. The number of pyridine rings is 1. The zero-order chi connectivity index (χ0) is 28.9. The molecule has 2 aromatic carbocycles. The maximum absolute atomic E-state index is 11.5. The van der Waals surface area contributed by atoms with E-state index < -0.39 is 0 Å². The van der Waals surface area contributed by atoms with Crippen molar-refractivity contribution in [2.75, 3.05) is 28.6 Å². The van der Waals surface area contributed by atoms with Gasteiger partial charge in [0.25, 0.3) is 0 Å². The third kappa shape index (κ3) is 6.76. The minimum Gasteiger partial charge on any atom is -0.370 e. The monoisotopic (exact) mass is 565 g/mol. The first-order chi connectivity index (χ1) is 20.5. The van der Waals surface area contributed by atoms with Crippen LogP contribution in [0.5, 0.6) is 0 Å². The molecule has 1 saturated carbocycles. The van der Waals surface area contributed by atoms with E-state index in [0.717, 1.165) is 60.5 Å². The number of aryl methyl sites for hydroxylation is 1. The largest absolute Gasteiger partial charge is 0.370 e. The van der Waals surface area contributed by atoms with Gasteiger partial charge in [-0.3, -0.25) is 4.79 Å². The number of anilines is 3. The Labute approximate surface area is 246 Å². The van der Waals surface area contributed by atoms with E-state index in [1.54, 1.807) is 7.05 Å². The molecule has 3 unspecified atom stereocenters. The highest BCUT2D eigenvalue weighted by atomic mass is 16.1. The van der Waals surface area contributed by atoms with E-state index in [1.807, 2.05) is 30.5 Å². The van der Waals surface area contributed by atoms with Gasteiger partial charge in [0.05, 0.1) is 7.05 Å². The minimum absolute atomic E-state index is 0.0741. The highest BCUT2D eigenvalue weighted by molar-refractivity contribution is 5.89. The van der Waals surface area contributed by atoms with Crippen molar-refractivity contribution in [2.24, 2.45) is 7.05 Å². The molecule has 0 spiro atoms. The Morgan fingerprint density at radius 1 is 0.905 bits per heavy atom. The highest BCUT2D eigenvalue weighted by Crippen LogP contribution is 2.28. The summed E-state index contributed by atoms with van der Waals surface area (Å²) in [4.78, 5) is 20.1. The summed E-state index contributed by atoms with van der Waals surface area (Å²) in [5, 5.41) is 23.1. The molecule has 2 aromatic heterocycles. The van der Waals surface area contributed by atoms with Gasteiger partial charge >= 0.3 is 0 Å². The lowest BCUT2D eigenvalue weighted by atomic mass is 9.89. The van der Waals surface area contributed by atoms with Gasteiger partial charge in [-0.2, -0.15) is 4.80 Å². The maximum Gasteiger partial charge on any atom is 0.221 e. The fourth-order valence-electron chi connectivity index (χ4n) is 6.23. The Balaban J connectivity index is 1.10. The van der Waals surface area contributed by atoms with E-state index >= 15 is 0 Å². The SMILES string of the molecule is CC(=O)Nc1cccc(-c2ccnc(NC3CCCCC3NC3CCCN(c4ccc(-c5nnn(C)n5)cc4)C3)c2)c1. The first-order valence-electron chi connectivity index (χ1n) is 15.0. The molecule has 10 heteroatoms. The molecule has 1 saturated heterocycles. The average Bonchev–Trinajstić information content (AvgIpc) is 3.44. The molecule has 4 aromatic rings. The van der Waals surface area contributed by atoms with Gasteiger partial charge in [-0.1, -0.05) is 25.0 Å². The summed E-state index contributed by atoms with van der Waals surface area (Å²) < 4.78 is 0. The van der Waals surface area contributed by atoms with Crippen molar-refractivity contribution in [3.8, 4) is 22.5 Å². The van der Waals surface area contributed by atoms with Crippen LogP contribution in [0.25, 0.3) is 22.5 Å². The van der Waals surface area contributed by atoms with Crippen LogP contribution < -0.4 is 20.9 Å². The lowest BCUT2D eigenvalue weighted by Crippen LogP contribution is -2.54. The summed E-state index contributed by atoms with van der Waals surface area (Å²) in [6.45, 7) is 3.58. The molecule has 3 heterocycles. The molecule has 42 heavy (non-hydrogen) atoms. The molecule has 2 aliphatic rings. The lowest BCUT2D eigenvalue weighted by molar-refractivity contribution is -0.114. The number of hydrogen-bond acceptors (Lipinski definition) is 8. The quantitative estimate of drug-likeness (QED) is 0.277. The lowest BCUT2D eigenvalue weighted by Gasteiger charge is -2.40. The van der Waals surface area contributed by atoms with Gasteiger partial charge in [-0.15, -0.1) is 10.2 Å². The number of carbonyl (C=O) groups is 1. The van der Waals surface area contributed by atoms with Crippen molar-refractivity contribution in [3.63, 3.8) is 0 Å². The first kappa shape index (κ1) is 27.8. The number of aromatic nitrogens is 5. The van der Waals surface area contributed by atoms with Crippen molar-refractivity contribution in [2.45, 2.75) is 63.6 Å². The molecule has 1 aliphatic heterocycles. The first-order valence-corrected chi connectivity index (χ1v) is 15.0. The zero-order valence-corrected chi connectivity index (χ0v) is 24.3. The second-order valence-corrected chi connectivity index (χ2v) is 11.4. The van der Waals surface area contributed by atoms with Gasteiger partial charge in [0, 0.05) is 61.3 Å². The molecule has 3 atom stereocenters. The van der Waals surface area contributed by atoms with E-state index in [9.17, 15) is 4.79 Å². The average molecular weight is 566 g/mol. The summed E-state index contributed by atoms with van der Waals surface area (Å²) in [6, 6.07) is 21.7. The standard InChI is InChI=1S/C32H39N9O/c1-22(42)34-26-8-5-7-24(19-26)25-16-17-33-31(20-25)36-30-11-4-3-10-29(30)35-27-9-6-18-41(21-27)28-14-12-23(13-15-28)32-37-39-40(2)38-32/h5,7-8,12-17,19-20,27,29-30,35H,3-4,6,9-11,18,21H2,1-2H3,(H,33,36)(H,34,42). The van der Waals surface area contributed by atoms with Crippen molar-refractivity contribution in [3.05, 3.63) is 66.9 Å². The maximum atomic E-state index is 11.5. The molecule has 3 N–H and O–H groups in total. The van der Waals surface area contributed by atoms with Crippen molar-refractivity contribution in [1.29, 1.82) is 0 Å². The van der Waals surface area contributed by atoms with Crippen LogP contribution in [0.1, 0.15) is 45.4 Å². The van der Waals surface area contributed by atoms with Crippen LogP contribution in [0.3, 0.4) is 0 Å². The fraction of sp³-hybridized carbons (Fsp3) is 0.406. The summed E-state index contributed by atoms with van der Waals surface area (Å²) in [7, 11) is 1.78. The van der Waals surface area contributed by atoms with Gasteiger partial charge in [0.2, 0.25) is 11.7 Å².